The van der Waals surface area contributed by atoms with Crippen LogP contribution in [0.1, 0.15) is 6.92 Å². The van der Waals surface area contributed by atoms with E-state index in [0.29, 0.717) is 6.29 Å². The van der Waals surface area contributed by atoms with E-state index in [2.05, 4.69) is 4.74 Å². The Balaban J connectivity index is 3.16. The van der Waals surface area contributed by atoms with Gasteiger partial charge in [-0.2, -0.15) is 0 Å². The fraction of sp³-hybridized carbons (Fsp3) is 0.500. The van der Waals surface area contributed by atoms with E-state index in [1.165, 1.54) is 0 Å². The Morgan fingerprint density at radius 1 is 1.78 bits per heavy atom. The minimum Gasteiger partial charge on any atom is -0.362 e. The molecule has 52 valence electrons. The summed E-state index contributed by atoms with van der Waals surface area (Å²) in [5.74, 6) is 0. The number of carbonyl (C=O) groups is 1. The average Bonchev–Trinajstić information content (AvgIpc) is 1.89. The summed E-state index contributed by atoms with van der Waals surface area (Å²) in [6.45, 7) is 2.10. The number of ether oxygens (including phenoxy) is 1. The van der Waals surface area contributed by atoms with Gasteiger partial charge >= 0.3 is 0 Å². The van der Waals surface area contributed by atoms with E-state index in [1.807, 2.05) is 6.92 Å². The van der Waals surface area contributed by atoms with Crippen molar-refractivity contribution >= 4 is 6.29 Å². The summed E-state index contributed by atoms with van der Waals surface area (Å²) in [7, 11) is 0. The topological polar surface area (TPSA) is 46.5 Å². The molecule has 0 radical (unpaired) electrons. The van der Waals surface area contributed by atoms with Crippen molar-refractivity contribution in [1.29, 1.82) is 0 Å². The second kappa shape index (κ2) is 5.47. The lowest BCUT2D eigenvalue weighted by Gasteiger charge is -1.99. The molecule has 0 aliphatic carbocycles. The van der Waals surface area contributed by atoms with Gasteiger partial charge in [0.2, 0.25) is 6.29 Å². The van der Waals surface area contributed by atoms with E-state index in [0.717, 1.165) is 0 Å². The van der Waals surface area contributed by atoms with Crippen molar-refractivity contribution in [2.24, 2.45) is 0 Å². The van der Waals surface area contributed by atoms with Crippen LogP contribution < -0.4 is 0 Å². The molecule has 1 unspecified atom stereocenters. The third-order valence-electron chi connectivity index (χ3n) is 0.715. The van der Waals surface area contributed by atoms with Crippen molar-refractivity contribution in [3.63, 3.8) is 0 Å². The van der Waals surface area contributed by atoms with Crippen LogP contribution in [0.15, 0.2) is 12.2 Å². The molecule has 0 aliphatic rings. The summed E-state index contributed by atoms with van der Waals surface area (Å²) in [6.07, 6.45) is 2.54. The summed E-state index contributed by atoms with van der Waals surface area (Å²) in [5.41, 5.74) is 0. The lowest BCUT2D eigenvalue weighted by molar-refractivity contribution is -0.139. The predicted octanol–water partition coefficient (Wildman–Crippen LogP) is 0.0964. The Morgan fingerprint density at radius 3 is 2.89 bits per heavy atom. The molecule has 0 aliphatic heterocycles. The Morgan fingerprint density at radius 2 is 2.44 bits per heavy atom. The molecule has 0 saturated carbocycles. The maximum absolute atomic E-state index is 9.70. The first-order valence-corrected chi connectivity index (χ1v) is 2.67. The Bertz CT molecular complexity index is 98.5. The monoisotopic (exact) mass is 130 g/mol. The van der Waals surface area contributed by atoms with Gasteiger partial charge in [-0.15, -0.1) is 0 Å². The largest absolute Gasteiger partial charge is 0.362 e. The molecule has 0 aromatic heterocycles. The van der Waals surface area contributed by atoms with Crippen molar-refractivity contribution in [3.8, 4) is 0 Å². The second-order valence-corrected chi connectivity index (χ2v) is 1.43. The van der Waals surface area contributed by atoms with Gasteiger partial charge in [0.25, 0.3) is 0 Å². The third-order valence-corrected chi connectivity index (χ3v) is 0.715. The molecule has 0 aromatic carbocycles. The quantitative estimate of drug-likeness (QED) is 0.333. The zero-order valence-electron chi connectivity index (χ0n) is 5.28. The van der Waals surface area contributed by atoms with E-state index >= 15 is 0 Å². The van der Waals surface area contributed by atoms with E-state index in [-0.39, 0.29) is 6.61 Å². The molecule has 9 heavy (non-hydrogen) atoms. The molecule has 3 heteroatoms. The van der Waals surface area contributed by atoms with Crippen molar-refractivity contribution in [2.75, 3.05) is 6.61 Å². The Hall–Kier alpha value is -0.670. The normalized spacial score (nSPS) is 14.0. The molecule has 0 saturated heterocycles. The summed E-state index contributed by atoms with van der Waals surface area (Å²) >= 11 is 0. The van der Waals surface area contributed by atoms with Crippen molar-refractivity contribution in [3.05, 3.63) is 12.2 Å². The first-order chi connectivity index (χ1) is 4.31. The minimum absolute atomic E-state index is 0.274. The van der Waals surface area contributed by atoms with Crippen molar-refractivity contribution in [2.45, 2.75) is 13.2 Å². The number of aliphatic hydroxyl groups is 1. The van der Waals surface area contributed by atoms with E-state index in [9.17, 15) is 4.79 Å². The number of aldehydes is 1. The minimum atomic E-state index is -1.28. The number of rotatable bonds is 4. The van der Waals surface area contributed by atoms with Crippen molar-refractivity contribution in [1.82, 2.24) is 0 Å². The summed E-state index contributed by atoms with van der Waals surface area (Å²) in [6, 6.07) is 0. The van der Waals surface area contributed by atoms with Gasteiger partial charge in [0.1, 0.15) is 0 Å². The molecule has 3 nitrogen and oxygen atoms in total. The van der Waals surface area contributed by atoms with Crippen LogP contribution in [0.5, 0.6) is 0 Å². The highest BCUT2D eigenvalue weighted by Gasteiger charge is 1.95. The first kappa shape index (κ1) is 8.33. The zero-order valence-corrected chi connectivity index (χ0v) is 5.28. The summed E-state index contributed by atoms with van der Waals surface area (Å²) in [5, 5.41) is 8.46. The molecule has 0 aromatic rings. The van der Waals surface area contributed by atoms with Crippen LogP contribution in [0.25, 0.3) is 0 Å². The lowest BCUT2D eigenvalue weighted by Crippen LogP contribution is -2.12. The SMILES string of the molecule is CC=CCOC(O)C=O. The molecule has 1 atom stereocenters. The third kappa shape index (κ3) is 5.20. The summed E-state index contributed by atoms with van der Waals surface area (Å²) < 4.78 is 4.53. The molecular weight excluding hydrogens is 120 g/mol. The second-order valence-electron chi connectivity index (χ2n) is 1.43. The summed E-state index contributed by atoms with van der Waals surface area (Å²) in [4.78, 5) is 9.70. The number of hydrogen-bond acceptors (Lipinski definition) is 3. The van der Waals surface area contributed by atoms with E-state index < -0.39 is 6.29 Å². The van der Waals surface area contributed by atoms with Gasteiger partial charge in [0.05, 0.1) is 6.61 Å². The van der Waals surface area contributed by atoms with Gasteiger partial charge in [-0.3, -0.25) is 4.79 Å². The maximum atomic E-state index is 9.70. The molecule has 0 heterocycles. The van der Waals surface area contributed by atoms with Gasteiger partial charge in [-0.05, 0) is 6.92 Å². The molecule has 0 amide bonds. The smallest absolute Gasteiger partial charge is 0.212 e. The standard InChI is InChI=1S/C6H10O3/c1-2-3-4-9-6(8)5-7/h2-3,5-6,8H,4H2,1H3. The zero-order chi connectivity index (χ0) is 7.11. The van der Waals surface area contributed by atoms with Crippen LogP contribution >= 0.6 is 0 Å². The van der Waals surface area contributed by atoms with Crippen LogP contribution in [0.2, 0.25) is 0 Å². The molecule has 0 bridgehead atoms. The fourth-order valence-corrected chi connectivity index (χ4v) is 0.290. The molecule has 0 rings (SSSR count). The molecule has 0 spiro atoms. The van der Waals surface area contributed by atoms with Gasteiger partial charge in [-0.25, -0.2) is 0 Å². The highest BCUT2D eigenvalue weighted by molar-refractivity contribution is 5.53. The highest BCUT2D eigenvalue weighted by Crippen LogP contribution is 1.81. The van der Waals surface area contributed by atoms with Crippen LogP contribution in [0, 0.1) is 0 Å². The lowest BCUT2D eigenvalue weighted by atomic mass is 10.5. The first-order valence-electron chi connectivity index (χ1n) is 2.67. The number of hydrogen-bond donors (Lipinski definition) is 1. The Kier molecular flexibility index (Phi) is 5.06. The van der Waals surface area contributed by atoms with Gasteiger partial charge in [0.15, 0.2) is 6.29 Å². The molecule has 1 N–H and O–H groups in total. The van der Waals surface area contributed by atoms with Crippen LogP contribution in [0.3, 0.4) is 0 Å². The van der Waals surface area contributed by atoms with Gasteiger partial charge in [0, 0.05) is 0 Å². The number of aliphatic hydroxyl groups excluding tert-OH is 1. The number of allylic oxidation sites excluding steroid dienone is 1. The fourth-order valence-electron chi connectivity index (χ4n) is 0.290. The van der Waals surface area contributed by atoms with Gasteiger partial charge < -0.3 is 9.84 Å². The van der Waals surface area contributed by atoms with Gasteiger partial charge in [-0.1, -0.05) is 12.2 Å². The molecular formula is C6H10O3. The highest BCUT2D eigenvalue weighted by atomic mass is 16.6. The van der Waals surface area contributed by atoms with Crippen LogP contribution in [-0.2, 0) is 9.53 Å². The average molecular weight is 130 g/mol. The van der Waals surface area contributed by atoms with E-state index in [4.69, 9.17) is 5.11 Å². The predicted molar refractivity (Wildman–Crippen MR) is 32.8 cm³/mol. The maximum Gasteiger partial charge on any atom is 0.212 e. The number of carbonyl (C=O) groups excluding carboxylic acids is 1. The van der Waals surface area contributed by atoms with Crippen molar-refractivity contribution < 1.29 is 14.6 Å². The van der Waals surface area contributed by atoms with Crippen LogP contribution in [0.4, 0.5) is 0 Å². The van der Waals surface area contributed by atoms with Crippen LogP contribution in [-0.4, -0.2) is 24.3 Å². The van der Waals surface area contributed by atoms with E-state index in [1.54, 1.807) is 12.2 Å². The Labute approximate surface area is 53.9 Å². The molecule has 0 fully saturated rings.